The molecule has 0 bridgehead atoms. The van der Waals surface area contributed by atoms with Gasteiger partial charge in [-0.05, 0) is 31.2 Å². The van der Waals surface area contributed by atoms with Crippen LogP contribution >= 0.6 is 0 Å². The molecule has 3 rings (SSSR count). The van der Waals surface area contributed by atoms with Crippen LogP contribution in [0, 0.1) is 12.8 Å². The first-order chi connectivity index (χ1) is 11.1. The van der Waals surface area contributed by atoms with Gasteiger partial charge in [0, 0.05) is 12.3 Å². The molecule has 0 saturated heterocycles. The summed E-state index contributed by atoms with van der Waals surface area (Å²) in [5.41, 5.74) is 1.29. The topological polar surface area (TPSA) is 97.5 Å². The monoisotopic (exact) mass is 317 g/mol. The van der Waals surface area contributed by atoms with Crippen molar-refractivity contribution >= 4 is 5.91 Å². The molecule has 1 aliphatic carbocycles. The molecule has 2 N–H and O–H groups in total. The first kappa shape index (κ1) is 15.5. The van der Waals surface area contributed by atoms with Gasteiger partial charge in [-0.1, -0.05) is 11.2 Å². The van der Waals surface area contributed by atoms with E-state index in [1.807, 2.05) is 6.07 Å². The number of aliphatic hydroxyl groups excluding tert-OH is 1. The van der Waals surface area contributed by atoms with Crippen LogP contribution in [0.4, 0.5) is 0 Å². The second-order valence-electron chi connectivity index (χ2n) is 5.77. The third-order valence-electron chi connectivity index (χ3n) is 4.23. The lowest BCUT2D eigenvalue weighted by atomic mass is 9.75. The van der Waals surface area contributed by atoms with Gasteiger partial charge in [0.25, 0.3) is 5.91 Å². The van der Waals surface area contributed by atoms with Crippen LogP contribution in [0.2, 0.25) is 0 Å². The lowest BCUT2D eigenvalue weighted by molar-refractivity contribution is 0.0234. The minimum Gasteiger partial charge on any atom is -0.481 e. The molecule has 1 atom stereocenters. The summed E-state index contributed by atoms with van der Waals surface area (Å²) in [6.45, 7) is 1.69. The average Bonchev–Trinajstić information content (AvgIpc) is 2.96. The van der Waals surface area contributed by atoms with Crippen molar-refractivity contribution in [3.63, 3.8) is 0 Å². The van der Waals surface area contributed by atoms with Crippen LogP contribution < -0.4 is 10.1 Å². The summed E-state index contributed by atoms with van der Waals surface area (Å²) < 4.78 is 10.0. The van der Waals surface area contributed by atoms with Crippen LogP contribution in [0.1, 0.15) is 40.6 Å². The average molecular weight is 317 g/mol. The van der Waals surface area contributed by atoms with Gasteiger partial charge in [-0.2, -0.15) is 0 Å². The molecule has 0 aliphatic heterocycles. The molecule has 7 nitrogen and oxygen atoms in total. The van der Waals surface area contributed by atoms with E-state index < -0.39 is 0 Å². The predicted molar refractivity (Wildman–Crippen MR) is 81.0 cm³/mol. The van der Waals surface area contributed by atoms with E-state index in [2.05, 4.69) is 15.5 Å². The maximum absolute atomic E-state index is 12.4. The number of amides is 1. The molecule has 0 unspecified atom stereocenters. The number of methoxy groups -OCH3 is 1. The summed E-state index contributed by atoms with van der Waals surface area (Å²) in [4.78, 5) is 16.6. The molecular formula is C16H19N3O4. The largest absolute Gasteiger partial charge is 0.481 e. The summed E-state index contributed by atoms with van der Waals surface area (Å²) in [6, 6.07) is 3.41. The molecule has 122 valence electrons. The van der Waals surface area contributed by atoms with E-state index in [1.165, 1.54) is 6.20 Å². The van der Waals surface area contributed by atoms with Crippen molar-refractivity contribution in [1.29, 1.82) is 0 Å². The van der Waals surface area contributed by atoms with Gasteiger partial charge >= 0.3 is 0 Å². The maximum atomic E-state index is 12.4. The minimum atomic E-state index is -0.303. The molecule has 23 heavy (non-hydrogen) atoms. The second kappa shape index (κ2) is 6.37. The number of carbonyl (C=O) groups excluding carboxylic acids is 1. The van der Waals surface area contributed by atoms with E-state index in [9.17, 15) is 9.90 Å². The molecule has 1 aliphatic rings. The van der Waals surface area contributed by atoms with Gasteiger partial charge in [0.2, 0.25) is 5.88 Å². The summed E-state index contributed by atoms with van der Waals surface area (Å²) >= 11 is 0. The number of pyridine rings is 1. The summed E-state index contributed by atoms with van der Waals surface area (Å²) in [6.07, 6.45) is 4.10. The van der Waals surface area contributed by atoms with E-state index in [1.54, 1.807) is 26.3 Å². The van der Waals surface area contributed by atoms with Crippen molar-refractivity contribution in [2.24, 2.45) is 5.92 Å². The normalized spacial score (nSPS) is 21.3. The van der Waals surface area contributed by atoms with Gasteiger partial charge in [0.1, 0.15) is 11.3 Å². The molecule has 0 radical (unpaired) electrons. The number of aliphatic hydroxyl groups is 1. The fraction of sp³-hybridized carbons (Fsp3) is 0.438. The van der Waals surface area contributed by atoms with E-state index in [0.29, 0.717) is 30.0 Å². The lowest BCUT2D eigenvalue weighted by Crippen LogP contribution is -2.41. The zero-order chi connectivity index (χ0) is 16.4. The van der Waals surface area contributed by atoms with Gasteiger partial charge in [0.15, 0.2) is 0 Å². The molecule has 0 spiro atoms. The zero-order valence-electron chi connectivity index (χ0n) is 13.0. The maximum Gasteiger partial charge on any atom is 0.257 e. The molecule has 2 heterocycles. The van der Waals surface area contributed by atoms with Crippen LogP contribution in [0.3, 0.4) is 0 Å². The van der Waals surface area contributed by atoms with E-state index in [4.69, 9.17) is 9.26 Å². The van der Waals surface area contributed by atoms with Gasteiger partial charge in [-0.25, -0.2) is 4.98 Å². The van der Waals surface area contributed by atoms with E-state index >= 15 is 0 Å². The number of ether oxygens (including phenoxy) is 1. The third-order valence-corrected chi connectivity index (χ3v) is 4.23. The van der Waals surface area contributed by atoms with Crippen LogP contribution in [-0.2, 0) is 0 Å². The van der Waals surface area contributed by atoms with Gasteiger partial charge in [-0.15, -0.1) is 0 Å². The van der Waals surface area contributed by atoms with E-state index in [-0.39, 0.29) is 24.0 Å². The standard InChI is InChI=1S/C16H19N3O4/c1-9-13(8-18-23-9)16(21)19-15(11-5-12(20)6-11)10-3-4-14(22-2)17-7-10/h3-4,7-8,11-12,15,20H,5-6H2,1-2H3,(H,19,21)/t11?,12?,15-/m0/s1. The Kier molecular flexibility index (Phi) is 4.29. The van der Waals surface area contributed by atoms with Crippen LogP contribution in [-0.4, -0.2) is 34.4 Å². The second-order valence-corrected chi connectivity index (χ2v) is 5.77. The molecule has 2 aromatic rings. The Labute approximate surface area is 133 Å². The smallest absolute Gasteiger partial charge is 0.257 e. The van der Waals surface area contributed by atoms with Crippen molar-refractivity contribution in [3.8, 4) is 5.88 Å². The molecule has 1 fully saturated rings. The number of aromatic nitrogens is 2. The molecule has 2 aromatic heterocycles. The fourth-order valence-corrected chi connectivity index (χ4v) is 2.81. The third kappa shape index (κ3) is 3.19. The Morgan fingerprint density at radius 3 is 2.74 bits per heavy atom. The minimum absolute atomic E-state index is 0.171. The molecule has 1 amide bonds. The summed E-state index contributed by atoms with van der Waals surface area (Å²) in [5, 5.41) is 16.2. The van der Waals surface area contributed by atoms with E-state index in [0.717, 1.165) is 5.56 Å². The highest BCUT2D eigenvalue weighted by molar-refractivity contribution is 5.95. The van der Waals surface area contributed by atoms with Gasteiger partial charge < -0.3 is 19.7 Å². The Balaban J connectivity index is 1.80. The van der Waals surface area contributed by atoms with Gasteiger partial charge in [-0.3, -0.25) is 4.79 Å². The van der Waals surface area contributed by atoms with Crippen molar-refractivity contribution in [2.45, 2.75) is 31.9 Å². The first-order valence-electron chi connectivity index (χ1n) is 7.48. The Morgan fingerprint density at radius 2 is 2.22 bits per heavy atom. The molecule has 7 heteroatoms. The highest BCUT2D eigenvalue weighted by Gasteiger charge is 2.36. The van der Waals surface area contributed by atoms with Crippen molar-refractivity contribution < 1.29 is 19.2 Å². The number of rotatable bonds is 5. The number of aryl methyl sites for hydroxylation is 1. The Morgan fingerprint density at radius 1 is 1.43 bits per heavy atom. The fourth-order valence-electron chi connectivity index (χ4n) is 2.81. The number of nitrogens with one attached hydrogen (secondary N) is 1. The number of carbonyl (C=O) groups is 1. The highest BCUT2D eigenvalue weighted by atomic mass is 16.5. The SMILES string of the molecule is COc1ccc([C@H](NC(=O)c2cnoc2C)C2CC(O)C2)cn1. The lowest BCUT2D eigenvalue weighted by Gasteiger charge is -2.38. The first-order valence-corrected chi connectivity index (χ1v) is 7.48. The van der Waals surface area contributed by atoms with Crippen LogP contribution in [0.5, 0.6) is 5.88 Å². The molecular weight excluding hydrogens is 298 g/mol. The molecule has 1 saturated carbocycles. The number of nitrogens with zero attached hydrogens (tertiary/aromatic N) is 2. The zero-order valence-corrected chi connectivity index (χ0v) is 13.0. The van der Waals surface area contributed by atoms with Crippen molar-refractivity contribution in [2.75, 3.05) is 7.11 Å². The Hall–Kier alpha value is -2.41. The quantitative estimate of drug-likeness (QED) is 0.870. The highest BCUT2D eigenvalue weighted by Crippen LogP contribution is 2.38. The summed E-state index contributed by atoms with van der Waals surface area (Å²) in [7, 11) is 1.55. The summed E-state index contributed by atoms with van der Waals surface area (Å²) in [5.74, 6) is 0.917. The van der Waals surface area contributed by atoms with Crippen LogP contribution in [0.25, 0.3) is 0 Å². The van der Waals surface area contributed by atoms with Crippen LogP contribution in [0.15, 0.2) is 29.0 Å². The Bertz CT molecular complexity index is 677. The number of hydrogen-bond acceptors (Lipinski definition) is 6. The van der Waals surface area contributed by atoms with Crippen molar-refractivity contribution in [3.05, 3.63) is 41.4 Å². The predicted octanol–water partition coefficient (Wildman–Crippen LogP) is 1.63. The van der Waals surface area contributed by atoms with Gasteiger partial charge in [0.05, 0.1) is 25.5 Å². The molecule has 0 aromatic carbocycles. The number of hydrogen-bond donors (Lipinski definition) is 2. The van der Waals surface area contributed by atoms with Crippen molar-refractivity contribution in [1.82, 2.24) is 15.5 Å².